The summed E-state index contributed by atoms with van der Waals surface area (Å²) in [5, 5.41) is 9.81. The van der Waals surface area contributed by atoms with Gasteiger partial charge < -0.3 is 10.8 Å². The largest absolute Gasteiger partial charge is 0.395 e. The van der Waals surface area contributed by atoms with Crippen molar-refractivity contribution < 1.29 is 5.11 Å². The molecule has 1 rings (SSSR count). The molecule has 0 aliphatic heterocycles. The Hall–Kier alpha value is -0.220. The normalized spacial score (nSPS) is 15.0. The Morgan fingerprint density at radius 2 is 2.13 bits per heavy atom. The second-order valence-corrected chi connectivity index (χ2v) is 5.48. The summed E-state index contributed by atoms with van der Waals surface area (Å²) in [6.45, 7) is 4.03. The number of halogens is 1. The summed E-state index contributed by atoms with van der Waals surface area (Å²) in [6, 6.07) is 5.82. The number of hydrogen-bond acceptors (Lipinski definition) is 3. The molecule has 0 bridgehead atoms. The first kappa shape index (κ1) is 12.8. The maximum Gasteiger partial charge on any atom is 0.0550 e. The average Bonchev–Trinajstić information content (AvgIpc) is 2.20. The Labute approximate surface area is 99.8 Å². The van der Waals surface area contributed by atoms with Gasteiger partial charge in [0.1, 0.15) is 0 Å². The highest BCUT2D eigenvalue weighted by Crippen LogP contribution is 2.31. The van der Waals surface area contributed by atoms with Crippen molar-refractivity contribution in [2.24, 2.45) is 5.73 Å². The zero-order valence-corrected chi connectivity index (χ0v) is 10.5. The van der Waals surface area contributed by atoms with Gasteiger partial charge in [0.2, 0.25) is 0 Å². The third-order valence-electron chi connectivity index (χ3n) is 2.07. The molecule has 2 nitrogen and oxygen atoms in total. The van der Waals surface area contributed by atoms with Crippen molar-refractivity contribution in [1.29, 1.82) is 0 Å². The van der Waals surface area contributed by atoms with E-state index in [-0.39, 0.29) is 17.9 Å². The van der Waals surface area contributed by atoms with E-state index in [1.807, 2.05) is 32.0 Å². The second-order valence-electron chi connectivity index (χ2n) is 3.59. The Morgan fingerprint density at radius 3 is 2.60 bits per heavy atom. The molecule has 0 aromatic heterocycles. The summed E-state index contributed by atoms with van der Waals surface area (Å²) >= 11 is 7.68. The topological polar surface area (TPSA) is 46.2 Å². The molecule has 0 aliphatic rings. The molecule has 0 spiro atoms. The van der Waals surface area contributed by atoms with Crippen molar-refractivity contribution in [2.75, 3.05) is 6.61 Å². The number of nitrogens with two attached hydrogens (primary N) is 1. The van der Waals surface area contributed by atoms with E-state index in [1.54, 1.807) is 11.8 Å². The highest BCUT2D eigenvalue weighted by Gasteiger charge is 2.08. The predicted molar refractivity (Wildman–Crippen MR) is 66.5 cm³/mol. The molecule has 4 heteroatoms. The van der Waals surface area contributed by atoms with E-state index in [1.165, 1.54) is 0 Å². The van der Waals surface area contributed by atoms with Gasteiger partial charge in [-0.15, -0.1) is 11.8 Å². The molecule has 0 amide bonds. The van der Waals surface area contributed by atoms with Crippen LogP contribution in [-0.4, -0.2) is 17.0 Å². The van der Waals surface area contributed by atoms with E-state index in [0.717, 1.165) is 10.5 Å². The van der Waals surface area contributed by atoms with Gasteiger partial charge in [0.25, 0.3) is 0 Å². The van der Waals surface area contributed by atoms with Crippen LogP contribution in [0.25, 0.3) is 0 Å². The minimum absolute atomic E-state index is 0.00295. The summed E-state index contributed by atoms with van der Waals surface area (Å²) in [7, 11) is 0. The third-order valence-corrected chi connectivity index (χ3v) is 3.65. The molecule has 0 fully saturated rings. The Morgan fingerprint density at radius 1 is 1.47 bits per heavy atom. The van der Waals surface area contributed by atoms with E-state index in [9.17, 15) is 0 Å². The molecule has 15 heavy (non-hydrogen) atoms. The molecule has 0 saturated heterocycles. The lowest BCUT2D eigenvalue weighted by Crippen LogP contribution is -2.05. The van der Waals surface area contributed by atoms with Crippen LogP contribution in [0.4, 0.5) is 0 Å². The highest BCUT2D eigenvalue weighted by atomic mass is 35.5. The van der Waals surface area contributed by atoms with E-state index >= 15 is 0 Å². The van der Waals surface area contributed by atoms with E-state index in [0.29, 0.717) is 5.02 Å². The molecule has 1 aromatic carbocycles. The van der Waals surface area contributed by atoms with Gasteiger partial charge in [0.15, 0.2) is 0 Å². The highest BCUT2D eigenvalue weighted by molar-refractivity contribution is 8.00. The van der Waals surface area contributed by atoms with Gasteiger partial charge in [0.05, 0.1) is 11.6 Å². The number of aliphatic hydroxyl groups is 1. The minimum atomic E-state index is -0.00295. The lowest BCUT2D eigenvalue weighted by atomic mass is 10.1. The van der Waals surface area contributed by atoms with Crippen LogP contribution in [0.2, 0.25) is 5.02 Å². The molecule has 0 heterocycles. The van der Waals surface area contributed by atoms with Crippen LogP contribution in [0.5, 0.6) is 0 Å². The third kappa shape index (κ3) is 3.68. The Kier molecular flexibility index (Phi) is 4.93. The van der Waals surface area contributed by atoms with Gasteiger partial charge in [-0.25, -0.2) is 0 Å². The zero-order valence-electron chi connectivity index (χ0n) is 8.90. The maximum absolute atomic E-state index is 8.95. The first-order valence-corrected chi connectivity index (χ1v) is 6.13. The molecular formula is C11H16ClNOS. The molecule has 1 unspecified atom stereocenters. The van der Waals surface area contributed by atoms with E-state index in [2.05, 4.69) is 0 Å². The van der Waals surface area contributed by atoms with Gasteiger partial charge in [-0.05, 0) is 24.6 Å². The molecule has 84 valence electrons. The predicted octanol–water partition coefficient (Wildman–Crippen LogP) is 2.83. The lowest BCUT2D eigenvalue weighted by Gasteiger charge is -2.11. The summed E-state index contributed by atoms with van der Waals surface area (Å²) < 4.78 is 0. The van der Waals surface area contributed by atoms with Crippen LogP contribution in [0, 0.1) is 0 Å². The summed E-state index contributed by atoms with van der Waals surface area (Å²) in [5.41, 5.74) is 6.78. The van der Waals surface area contributed by atoms with E-state index < -0.39 is 0 Å². The van der Waals surface area contributed by atoms with Crippen LogP contribution in [-0.2, 0) is 0 Å². The van der Waals surface area contributed by atoms with Gasteiger partial charge in [-0.3, -0.25) is 0 Å². The molecule has 1 aromatic rings. The molecule has 0 aliphatic carbocycles. The maximum atomic E-state index is 8.95. The van der Waals surface area contributed by atoms with Crippen molar-refractivity contribution >= 4 is 23.4 Å². The zero-order chi connectivity index (χ0) is 11.4. The Balaban J connectivity index is 2.83. The molecule has 3 N–H and O–H groups in total. The lowest BCUT2D eigenvalue weighted by molar-refractivity contribution is 0.300. The number of benzene rings is 1. The van der Waals surface area contributed by atoms with Crippen molar-refractivity contribution in [2.45, 2.75) is 30.0 Å². The number of rotatable bonds is 4. The van der Waals surface area contributed by atoms with Gasteiger partial charge in [-0.2, -0.15) is 0 Å². The monoisotopic (exact) mass is 245 g/mol. The first-order chi connectivity index (χ1) is 7.04. The average molecular weight is 246 g/mol. The number of thioether (sulfide) groups is 1. The van der Waals surface area contributed by atoms with Gasteiger partial charge >= 0.3 is 0 Å². The Bertz CT molecular complexity index is 330. The fourth-order valence-electron chi connectivity index (χ4n) is 1.15. The molecular weight excluding hydrogens is 230 g/mol. The smallest absolute Gasteiger partial charge is 0.0550 e. The number of hydrogen-bond donors (Lipinski definition) is 2. The van der Waals surface area contributed by atoms with Crippen LogP contribution in [0.1, 0.15) is 25.5 Å². The van der Waals surface area contributed by atoms with Crippen molar-refractivity contribution in [1.82, 2.24) is 0 Å². The van der Waals surface area contributed by atoms with Crippen molar-refractivity contribution in [3.63, 3.8) is 0 Å². The van der Waals surface area contributed by atoms with Crippen LogP contribution < -0.4 is 5.73 Å². The minimum Gasteiger partial charge on any atom is -0.395 e. The first-order valence-electron chi connectivity index (χ1n) is 4.87. The van der Waals surface area contributed by atoms with Crippen LogP contribution in [0.3, 0.4) is 0 Å². The summed E-state index contributed by atoms with van der Waals surface area (Å²) in [5.74, 6) is 0. The standard InChI is InChI=1S/C11H16ClNOS/c1-7(6-14)15-11-4-3-9(8(2)13)5-10(11)12/h3-5,7-8,14H,6,13H2,1-2H3/t7?,8-/m0/s1. The second kappa shape index (κ2) is 5.75. The van der Waals surface area contributed by atoms with Gasteiger partial charge in [-0.1, -0.05) is 24.6 Å². The fraction of sp³-hybridized carbons (Fsp3) is 0.455. The van der Waals surface area contributed by atoms with Crippen molar-refractivity contribution in [3.05, 3.63) is 28.8 Å². The van der Waals surface area contributed by atoms with Crippen molar-refractivity contribution in [3.8, 4) is 0 Å². The molecule has 0 saturated carbocycles. The summed E-state index contributed by atoms with van der Waals surface area (Å²) in [6.07, 6.45) is 0. The fourth-order valence-corrected chi connectivity index (χ4v) is 2.30. The van der Waals surface area contributed by atoms with E-state index in [4.69, 9.17) is 22.4 Å². The SMILES string of the molecule is CC(CO)Sc1ccc([C@H](C)N)cc1Cl. The van der Waals surface area contributed by atoms with Crippen LogP contribution >= 0.6 is 23.4 Å². The molecule has 0 radical (unpaired) electrons. The quantitative estimate of drug-likeness (QED) is 0.802. The number of aliphatic hydroxyl groups excluding tert-OH is 1. The van der Waals surface area contributed by atoms with Crippen LogP contribution in [0.15, 0.2) is 23.1 Å². The summed E-state index contributed by atoms with van der Waals surface area (Å²) in [4.78, 5) is 0.989. The van der Waals surface area contributed by atoms with Gasteiger partial charge in [0, 0.05) is 16.2 Å². The molecule has 2 atom stereocenters.